The number of carbonyl (C=O) groups excluding carboxylic acids is 1. The number of hydrazone groups is 1. The number of amides is 1. The first-order valence-electron chi connectivity index (χ1n) is 6.63. The predicted octanol–water partition coefficient (Wildman–Crippen LogP) is 1.50. The molecule has 2 heterocycles. The molecule has 2 aromatic heterocycles. The van der Waals surface area contributed by atoms with Crippen molar-refractivity contribution in [1.29, 1.82) is 0 Å². The van der Waals surface area contributed by atoms with E-state index in [2.05, 4.69) is 26.1 Å². The summed E-state index contributed by atoms with van der Waals surface area (Å²) in [7, 11) is 0. The Morgan fingerprint density at radius 2 is 2.22 bits per heavy atom. The number of nitrogens with zero attached hydrogens (tertiary/aromatic N) is 5. The number of hydrogen-bond acceptors (Lipinski definition) is 7. The Hall–Kier alpha value is -2.94. The van der Waals surface area contributed by atoms with Crippen molar-refractivity contribution in [3.63, 3.8) is 0 Å². The Morgan fingerprint density at radius 1 is 1.35 bits per heavy atom. The van der Waals surface area contributed by atoms with Crippen LogP contribution in [0.4, 0.5) is 0 Å². The molecule has 1 amide bonds. The van der Waals surface area contributed by atoms with E-state index in [1.54, 1.807) is 10.7 Å². The van der Waals surface area contributed by atoms with E-state index in [4.69, 9.17) is 4.42 Å². The highest BCUT2D eigenvalue weighted by atomic mass is 32.2. The molecule has 0 aliphatic heterocycles. The lowest BCUT2D eigenvalue weighted by molar-refractivity contribution is -0.118. The highest BCUT2D eigenvalue weighted by molar-refractivity contribution is 7.99. The van der Waals surface area contributed by atoms with Crippen molar-refractivity contribution in [3.8, 4) is 5.69 Å². The summed E-state index contributed by atoms with van der Waals surface area (Å²) in [5.41, 5.74) is 4.03. The van der Waals surface area contributed by atoms with E-state index in [0.717, 1.165) is 11.3 Å². The van der Waals surface area contributed by atoms with E-state index in [9.17, 15) is 4.79 Å². The van der Waals surface area contributed by atoms with Crippen LogP contribution in [0.3, 0.4) is 0 Å². The average molecular weight is 328 g/mol. The number of nitrogens with one attached hydrogen (secondary N) is 1. The molecule has 116 valence electrons. The van der Waals surface area contributed by atoms with Crippen molar-refractivity contribution < 1.29 is 9.21 Å². The molecule has 0 radical (unpaired) electrons. The van der Waals surface area contributed by atoms with Gasteiger partial charge in [0, 0.05) is 5.56 Å². The predicted molar refractivity (Wildman–Crippen MR) is 84.3 cm³/mol. The second kappa shape index (κ2) is 7.36. The van der Waals surface area contributed by atoms with Gasteiger partial charge in [-0.3, -0.25) is 4.79 Å². The van der Waals surface area contributed by atoms with Gasteiger partial charge in [-0.15, -0.1) is 5.10 Å². The van der Waals surface area contributed by atoms with Gasteiger partial charge in [-0.25, -0.2) is 5.43 Å². The van der Waals surface area contributed by atoms with Crippen LogP contribution in [0.5, 0.6) is 0 Å². The largest absolute Gasteiger partial charge is 0.472 e. The minimum Gasteiger partial charge on any atom is -0.472 e. The van der Waals surface area contributed by atoms with Gasteiger partial charge in [-0.05, 0) is 28.6 Å². The van der Waals surface area contributed by atoms with Gasteiger partial charge in [0.05, 0.1) is 30.2 Å². The van der Waals surface area contributed by atoms with Crippen LogP contribution in [0, 0.1) is 0 Å². The molecule has 0 aliphatic carbocycles. The Bertz CT molecular complexity index is 785. The fraction of sp³-hybridized carbons (Fsp3) is 0.0714. The van der Waals surface area contributed by atoms with Gasteiger partial charge in [-0.1, -0.05) is 30.0 Å². The summed E-state index contributed by atoms with van der Waals surface area (Å²) in [5.74, 6) is -0.104. The molecule has 1 aromatic carbocycles. The third-order valence-corrected chi connectivity index (χ3v) is 3.64. The molecule has 0 spiro atoms. The van der Waals surface area contributed by atoms with Crippen molar-refractivity contribution in [2.75, 3.05) is 5.75 Å². The number of carbonyl (C=O) groups is 1. The average Bonchev–Trinajstić information content (AvgIpc) is 3.25. The Labute approximate surface area is 135 Å². The van der Waals surface area contributed by atoms with Gasteiger partial charge in [0.1, 0.15) is 0 Å². The lowest BCUT2D eigenvalue weighted by atomic mass is 10.3. The van der Waals surface area contributed by atoms with Gasteiger partial charge in [0.2, 0.25) is 5.16 Å². The zero-order valence-electron chi connectivity index (χ0n) is 11.9. The number of thioether (sulfide) groups is 1. The maximum Gasteiger partial charge on any atom is 0.250 e. The van der Waals surface area contributed by atoms with Gasteiger partial charge in [-0.2, -0.15) is 9.78 Å². The highest BCUT2D eigenvalue weighted by Crippen LogP contribution is 2.17. The molecule has 0 atom stereocenters. The van der Waals surface area contributed by atoms with Crippen LogP contribution in [0.1, 0.15) is 5.56 Å². The summed E-state index contributed by atoms with van der Waals surface area (Å²) in [6.45, 7) is 0. The maximum atomic E-state index is 11.8. The van der Waals surface area contributed by atoms with Crippen molar-refractivity contribution in [3.05, 3.63) is 54.5 Å². The van der Waals surface area contributed by atoms with Crippen LogP contribution < -0.4 is 5.43 Å². The van der Waals surface area contributed by atoms with E-state index in [1.807, 2.05) is 30.3 Å². The quantitative estimate of drug-likeness (QED) is 0.418. The molecule has 0 aliphatic rings. The van der Waals surface area contributed by atoms with Crippen molar-refractivity contribution in [1.82, 2.24) is 25.6 Å². The number of benzene rings is 1. The Morgan fingerprint density at radius 3 is 3.00 bits per heavy atom. The standard InChI is InChI=1S/C14H12N6O2S/c21-13(16-15-8-11-6-7-22-9-11)10-23-14-17-18-19-20(14)12-4-2-1-3-5-12/h1-9H,10H2,(H,16,21). The molecule has 1 N–H and O–H groups in total. The van der Waals surface area contributed by atoms with E-state index in [1.165, 1.54) is 30.5 Å². The molecule has 0 saturated carbocycles. The van der Waals surface area contributed by atoms with E-state index >= 15 is 0 Å². The molecule has 23 heavy (non-hydrogen) atoms. The summed E-state index contributed by atoms with van der Waals surface area (Å²) >= 11 is 1.23. The van der Waals surface area contributed by atoms with Crippen LogP contribution in [-0.4, -0.2) is 38.1 Å². The van der Waals surface area contributed by atoms with Gasteiger partial charge < -0.3 is 4.42 Å². The maximum absolute atomic E-state index is 11.8. The molecule has 0 unspecified atom stereocenters. The van der Waals surface area contributed by atoms with Crippen LogP contribution in [-0.2, 0) is 4.79 Å². The fourth-order valence-corrected chi connectivity index (χ4v) is 2.37. The molecule has 3 aromatic rings. The lowest BCUT2D eigenvalue weighted by Gasteiger charge is -2.03. The summed E-state index contributed by atoms with van der Waals surface area (Å²) < 4.78 is 6.47. The highest BCUT2D eigenvalue weighted by Gasteiger charge is 2.10. The number of tetrazole rings is 1. The number of para-hydroxylation sites is 1. The monoisotopic (exact) mass is 328 g/mol. The first-order valence-corrected chi connectivity index (χ1v) is 7.62. The van der Waals surface area contributed by atoms with Crippen LogP contribution >= 0.6 is 11.8 Å². The lowest BCUT2D eigenvalue weighted by Crippen LogP contribution is -2.19. The second-order valence-corrected chi connectivity index (χ2v) is 5.29. The number of rotatable bonds is 6. The third kappa shape index (κ3) is 4.04. The first kappa shape index (κ1) is 15.0. The molecule has 9 heteroatoms. The molecule has 0 fully saturated rings. The molecular weight excluding hydrogens is 316 g/mol. The van der Waals surface area contributed by atoms with Crippen LogP contribution in [0.2, 0.25) is 0 Å². The minimum absolute atomic E-state index is 0.149. The van der Waals surface area contributed by atoms with E-state index < -0.39 is 0 Å². The van der Waals surface area contributed by atoms with E-state index in [0.29, 0.717) is 5.16 Å². The number of hydrogen-bond donors (Lipinski definition) is 1. The van der Waals surface area contributed by atoms with Crippen molar-refractivity contribution in [2.45, 2.75) is 5.16 Å². The fourth-order valence-electron chi connectivity index (χ4n) is 1.69. The molecular formula is C14H12N6O2S. The van der Waals surface area contributed by atoms with E-state index in [-0.39, 0.29) is 11.7 Å². The first-order chi connectivity index (χ1) is 11.3. The second-order valence-electron chi connectivity index (χ2n) is 4.35. The molecule has 8 nitrogen and oxygen atoms in total. The zero-order valence-corrected chi connectivity index (χ0v) is 12.7. The normalized spacial score (nSPS) is 11.0. The summed E-state index contributed by atoms with van der Waals surface area (Å²) in [6.07, 6.45) is 4.56. The third-order valence-electron chi connectivity index (χ3n) is 2.72. The zero-order chi connectivity index (χ0) is 15.9. The smallest absolute Gasteiger partial charge is 0.250 e. The van der Waals surface area contributed by atoms with Gasteiger partial charge in [0.15, 0.2) is 0 Å². The number of aromatic nitrogens is 4. The SMILES string of the molecule is O=C(CSc1nnnn1-c1ccccc1)NN=Cc1ccoc1. The topological polar surface area (TPSA) is 98.2 Å². The molecule has 0 bridgehead atoms. The van der Waals surface area contributed by atoms with Crippen LogP contribution in [0.15, 0.2) is 63.6 Å². The van der Waals surface area contributed by atoms with Gasteiger partial charge >= 0.3 is 0 Å². The Kier molecular flexibility index (Phi) is 4.79. The van der Waals surface area contributed by atoms with Crippen LogP contribution in [0.25, 0.3) is 5.69 Å². The number of furan rings is 1. The molecule has 0 saturated heterocycles. The van der Waals surface area contributed by atoms with Crippen molar-refractivity contribution in [2.24, 2.45) is 5.10 Å². The Balaban J connectivity index is 1.55. The minimum atomic E-state index is -0.252. The molecule has 3 rings (SSSR count). The summed E-state index contributed by atoms with van der Waals surface area (Å²) in [5, 5.41) is 15.9. The van der Waals surface area contributed by atoms with Gasteiger partial charge in [0.25, 0.3) is 5.91 Å². The van der Waals surface area contributed by atoms with Crippen molar-refractivity contribution >= 4 is 23.9 Å². The summed E-state index contributed by atoms with van der Waals surface area (Å²) in [6, 6.07) is 11.2. The summed E-state index contributed by atoms with van der Waals surface area (Å²) in [4.78, 5) is 11.8.